The molecule has 2 aromatic carbocycles. The van der Waals surface area contributed by atoms with Gasteiger partial charge in [0, 0.05) is 0 Å². The first kappa shape index (κ1) is 14.9. The van der Waals surface area contributed by atoms with Crippen LogP contribution in [0.25, 0.3) is 17.2 Å². The largest absolute Gasteiger partial charge is 0.367 e. The van der Waals surface area contributed by atoms with Gasteiger partial charge in [-0.2, -0.15) is 0 Å². The molecule has 3 aliphatic carbocycles. The molecule has 0 bridgehead atoms. The van der Waals surface area contributed by atoms with Crippen LogP contribution in [-0.2, 0) is 6.42 Å². The molecule has 0 amide bonds. The van der Waals surface area contributed by atoms with Gasteiger partial charge < -0.3 is 10.2 Å². The minimum atomic E-state index is -1.33. The highest BCUT2D eigenvalue weighted by Gasteiger charge is 2.26. The molecule has 2 heteroatoms. The van der Waals surface area contributed by atoms with E-state index >= 15 is 0 Å². The molecule has 25 heavy (non-hydrogen) atoms. The molecule has 1 atom stereocenters. The Labute approximate surface area is 147 Å². The van der Waals surface area contributed by atoms with Crippen LogP contribution in [0.15, 0.2) is 60.2 Å². The fourth-order valence-corrected chi connectivity index (χ4v) is 4.41. The molecular weight excluding hydrogens is 308 g/mol. The van der Waals surface area contributed by atoms with Crippen molar-refractivity contribution in [2.75, 3.05) is 0 Å². The van der Waals surface area contributed by atoms with Crippen molar-refractivity contribution < 1.29 is 10.2 Å². The van der Waals surface area contributed by atoms with Gasteiger partial charge in [0.1, 0.15) is 0 Å². The van der Waals surface area contributed by atoms with E-state index in [1.807, 2.05) is 18.2 Å². The second-order valence-corrected chi connectivity index (χ2v) is 7.16. The molecule has 0 spiro atoms. The summed E-state index contributed by atoms with van der Waals surface area (Å²) in [6.07, 6.45) is 8.21. The summed E-state index contributed by atoms with van der Waals surface area (Å²) in [5, 5.41) is 19.0. The second-order valence-electron chi connectivity index (χ2n) is 7.16. The Balaban J connectivity index is 1.50. The Hall–Kier alpha value is -2.42. The van der Waals surface area contributed by atoms with E-state index in [-0.39, 0.29) is 5.92 Å². The van der Waals surface area contributed by atoms with Crippen LogP contribution in [0.2, 0.25) is 0 Å². The van der Waals surface area contributed by atoms with Crippen LogP contribution in [0, 0.1) is 0 Å². The first-order valence-electron chi connectivity index (χ1n) is 8.90. The van der Waals surface area contributed by atoms with E-state index in [2.05, 4.69) is 42.5 Å². The Bertz CT molecular complexity index is 960. The predicted molar refractivity (Wildman–Crippen MR) is 101 cm³/mol. The SMILES string of the molecule is OC(O)C1C=Cc2cc(C3=CC4=C(CCc5ccccc54)C3)ccc21. The average Bonchev–Trinajstić information content (AvgIpc) is 3.25. The minimum Gasteiger partial charge on any atom is -0.367 e. The van der Waals surface area contributed by atoms with Gasteiger partial charge in [0.2, 0.25) is 0 Å². The molecule has 0 saturated carbocycles. The van der Waals surface area contributed by atoms with E-state index < -0.39 is 6.29 Å². The van der Waals surface area contributed by atoms with E-state index in [0.29, 0.717) is 0 Å². The minimum absolute atomic E-state index is 0.306. The molecule has 5 rings (SSSR count). The Kier molecular flexibility index (Phi) is 3.30. The normalized spacial score (nSPS) is 20.6. The number of aliphatic hydroxyl groups is 2. The summed E-state index contributed by atoms with van der Waals surface area (Å²) in [7, 11) is 0. The highest BCUT2D eigenvalue weighted by atomic mass is 16.5. The van der Waals surface area contributed by atoms with Crippen LogP contribution in [0.3, 0.4) is 0 Å². The molecule has 0 fully saturated rings. The first-order valence-corrected chi connectivity index (χ1v) is 8.90. The number of benzene rings is 2. The summed E-state index contributed by atoms with van der Waals surface area (Å²) in [5.41, 5.74) is 10.5. The quantitative estimate of drug-likeness (QED) is 0.807. The zero-order valence-electron chi connectivity index (χ0n) is 13.9. The number of rotatable bonds is 2. The summed E-state index contributed by atoms with van der Waals surface area (Å²) in [4.78, 5) is 0. The van der Waals surface area contributed by atoms with Crippen molar-refractivity contribution in [3.05, 3.63) is 88.0 Å². The van der Waals surface area contributed by atoms with Crippen molar-refractivity contribution in [1.29, 1.82) is 0 Å². The van der Waals surface area contributed by atoms with E-state index in [9.17, 15) is 10.2 Å². The molecule has 2 N–H and O–H groups in total. The van der Waals surface area contributed by atoms with Crippen molar-refractivity contribution in [2.45, 2.75) is 31.5 Å². The van der Waals surface area contributed by atoms with E-state index in [4.69, 9.17) is 0 Å². The van der Waals surface area contributed by atoms with E-state index in [1.165, 1.54) is 27.8 Å². The van der Waals surface area contributed by atoms with Crippen LogP contribution in [0.5, 0.6) is 0 Å². The zero-order valence-corrected chi connectivity index (χ0v) is 13.9. The fraction of sp³-hybridized carbons (Fsp3) is 0.217. The lowest BCUT2D eigenvalue weighted by Crippen LogP contribution is -2.14. The molecule has 1 unspecified atom stereocenters. The monoisotopic (exact) mass is 328 g/mol. The van der Waals surface area contributed by atoms with Crippen LogP contribution >= 0.6 is 0 Å². The molecule has 0 heterocycles. The predicted octanol–water partition coefficient (Wildman–Crippen LogP) is 4.29. The first-order chi connectivity index (χ1) is 12.2. The zero-order chi connectivity index (χ0) is 17.0. The molecule has 0 radical (unpaired) electrons. The standard InChI is InChI=1S/C23H20O2/c24-23(25)21-10-8-16-11-15(7-9-20(16)21)18-12-17-6-5-14-3-1-2-4-19(14)22(17)13-18/h1-4,7-11,13,21,23-25H,5-6,12H2. The van der Waals surface area contributed by atoms with Crippen molar-refractivity contribution in [1.82, 2.24) is 0 Å². The third-order valence-electron chi connectivity index (χ3n) is 5.73. The number of aryl methyl sites for hydroxylation is 1. The van der Waals surface area contributed by atoms with Gasteiger partial charge in [-0.1, -0.05) is 60.2 Å². The van der Waals surface area contributed by atoms with Crippen LogP contribution in [0.4, 0.5) is 0 Å². The molecule has 0 aromatic heterocycles. The molecular formula is C23H20O2. The molecule has 2 aromatic rings. The maximum atomic E-state index is 9.50. The van der Waals surface area contributed by atoms with E-state index in [0.717, 1.165) is 30.4 Å². The second kappa shape index (κ2) is 5.55. The number of fused-ring (bicyclic) bond motifs is 3. The van der Waals surface area contributed by atoms with Gasteiger partial charge in [-0.25, -0.2) is 0 Å². The summed E-state index contributed by atoms with van der Waals surface area (Å²) in [6, 6.07) is 15.1. The number of allylic oxidation sites excluding steroid dienone is 4. The molecule has 0 saturated heterocycles. The number of hydrogen-bond donors (Lipinski definition) is 2. The number of hydrogen-bond acceptors (Lipinski definition) is 2. The van der Waals surface area contributed by atoms with Crippen molar-refractivity contribution in [3.8, 4) is 0 Å². The van der Waals surface area contributed by atoms with Crippen molar-refractivity contribution in [3.63, 3.8) is 0 Å². The van der Waals surface area contributed by atoms with Crippen LogP contribution in [-0.4, -0.2) is 16.5 Å². The summed E-state index contributed by atoms with van der Waals surface area (Å²) in [6.45, 7) is 0. The maximum absolute atomic E-state index is 9.50. The van der Waals surface area contributed by atoms with Gasteiger partial charge in [0.05, 0.1) is 5.92 Å². The van der Waals surface area contributed by atoms with E-state index in [1.54, 1.807) is 5.57 Å². The molecule has 3 aliphatic rings. The lowest BCUT2D eigenvalue weighted by Gasteiger charge is -2.18. The third kappa shape index (κ3) is 2.33. The topological polar surface area (TPSA) is 40.5 Å². The Morgan fingerprint density at radius 1 is 1.00 bits per heavy atom. The smallest absolute Gasteiger partial charge is 0.161 e. The molecule has 124 valence electrons. The summed E-state index contributed by atoms with van der Waals surface area (Å²) in [5.74, 6) is -0.306. The highest BCUT2D eigenvalue weighted by Crippen LogP contribution is 2.44. The highest BCUT2D eigenvalue weighted by molar-refractivity contribution is 5.93. The lowest BCUT2D eigenvalue weighted by atomic mass is 9.87. The summed E-state index contributed by atoms with van der Waals surface area (Å²) < 4.78 is 0. The van der Waals surface area contributed by atoms with Gasteiger partial charge in [0.25, 0.3) is 0 Å². The maximum Gasteiger partial charge on any atom is 0.161 e. The van der Waals surface area contributed by atoms with Gasteiger partial charge in [-0.05, 0) is 64.3 Å². The lowest BCUT2D eigenvalue weighted by molar-refractivity contribution is -0.0490. The summed E-state index contributed by atoms with van der Waals surface area (Å²) >= 11 is 0. The van der Waals surface area contributed by atoms with Gasteiger partial charge in [-0.15, -0.1) is 0 Å². The molecule has 2 nitrogen and oxygen atoms in total. The van der Waals surface area contributed by atoms with Gasteiger partial charge >= 0.3 is 0 Å². The van der Waals surface area contributed by atoms with Gasteiger partial charge in [0.15, 0.2) is 6.29 Å². The Morgan fingerprint density at radius 3 is 2.76 bits per heavy atom. The average molecular weight is 328 g/mol. The van der Waals surface area contributed by atoms with Crippen LogP contribution < -0.4 is 0 Å². The van der Waals surface area contributed by atoms with Crippen LogP contribution in [0.1, 0.15) is 46.6 Å². The molecule has 0 aliphatic heterocycles. The number of aliphatic hydroxyl groups excluding tert-OH is 1. The fourth-order valence-electron chi connectivity index (χ4n) is 4.41. The third-order valence-corrected chi connectivity index (χ3v) is 5.73. The van der Waals surface area contributed by atoms with Crippen molar-refractivity contribution in [2.24, 2.45) is 0 Å². The van der Waals surface area contributed by atoms with Crippen molar-refractivity contribution >= 4 is 17.2 Å². The Morgan fingerprint density at radius 2 is 1.88 bits per heavy atom. The van der Waals surface area contributed by atoms with Gasteiger partial charge in [-0.3, -0.25) is 0 Å².